The number of aromatic nitrogens is 1. The van der Waals surface area contributed by atoms with Crippen molar-refractivity contribution in [1.82, 2.24) is 15.6 Å². The fourth-order valence-electron chi connectivity index (χ4n) is 3.54. The molecule has 2 N–H and O–H groups in total. The molecular formula is C19H25N3O3. The second kappa shape index (κ2) is 6.58. The monoisotopic (exact) mass is 343 g/mol. The Labute approximate surface area is 147 Å². The molecule has 1 saturated heterocycles. The zero-order valence-corrected chi connectivity index (χ0v) is 15.0. The van der Waals surface area contributed by atoms with Crippen molar-refractivity contribution < 1.29 is 14.4 Å². The molecule has 1 fully saturated rings. The maximum Gasteiger partial charge on any atom is 0.270 e. The van der Waals surface area contributed by atoms with Crippen LogP contribution >= 0.6 is 0 Å². The molecule has 1 aromatic rings. The maximum absolute atomic E-state index is 12.5. The van der Waals surface area contributed by atoms with Gasteiger partial charge in [0.05, 0.1) is 0 Å². The van der Waals surface area contributed by atoms with Crippen molar-refractivity contribution >= 4 is 17.7 Å². The lowest BCUT2D eigenvalue weighted by molar-refractivity contribution is -0.134. The van der Waals surface area contributed by atoms with Crippen LogP contribution in [0.15, 0.2) is 12.3 Å². The van der Waals surface area contributed by atoms with E-state index in [1.807, 2.05) is 6.07 Å². The largest absolute Gasteiger partial charge is 0.339 e. The number of carbonyl (C=O) groups excluding carboxylic acids is 3. The van der Waals surface area contributed by atoms with Gasteiger partial charge in [-0.3, -0.25) is 24.7 Å². The Hall–Kier alpha value is -2.24. The first kappa shape index (κ1) is 17.6. The van der Waals surface area contributed by atoms with Crippen molar-refractivity contribution in [2.24, 2.45) is 11.3 Å². The van der Waals surface area contributed by atoms with Gasteiger partial charge in [0, 0.05) is 12.6 Å². The van der Waals surface area contributed by atoms with Gasteiger partial charge in [0.25, 0.3) is 5.91 Å². The molecule has 0 bridgehead atoms. The van der Waals surface area contributed by atoms with Crippen LogP contribution < -0.4 is 10.6 Å². The van der Waals surface area contributed by atoms with Crippen molar-refractivity contribution in [3.8, 4) is 0 Å². The van der Waals surface area contributed by atoms with Crippen LogP contribution in [0.2, 0.25) is 0 Å². The lowest BCUT2D eigenvalue weighted by Gasteiger charge is -2.38. The van der Waals surface area contributed by atoms with E-state index in [-0.39, 0.29) is 23.7 Å². The van der Waals surface area contributed by atoms with Crippen LogP contribution in [-0.2, 0) is 22.4 Å². The summed E-state index contributed by atoms with van der Waals surface area (Å²) in [6.45, 7) is 6.77. The molecule has 2 heterocycles. The third kappa shape index (κ3) is 3.57. The molecule has 3 amide bonds. The van der Waals surface area contributed by atoms with Crippen LogP contribution in [0.3, 0.4) is 0 Å². The molecule has 1 aromatic heterocycles. The molecule has 1 aliphatic carbocycles. The SMILES string of the molecule is CC(C)C1(C)CCc2cnc(C(=O)NC3CCC(=O)NC3=O)cc2C1. The standard InChI is InChI=1S/C19H25N3O3/c1-11(2)19(3)7-6-12-10-20-15(8-13(12)9-19)18(25)21-14-4-5-16(23)22-17(14)24/h8,10-11,14H,4-7,9H2,1-3H3,(H,21,25)(H,22,23,24). The summed E-state index contributed by atoms with van der Waals surface area (Å²) >= 11 is 0. The summed E-state index contributed by atoms with van der Waals surface area (Å²) < 4.78 is 0. The summed E-state index contributed by atoms with van der Waals surface area (Å²) in [5, 5.41) is 4.94. The number of piperidine rings is 1. The fraction of sp³-hybridized carbons (Fsp3) is 0.579. The van der Waals surface area contributed by atoms with Gasteiger partial charge in [-0.2, -0.15) is 0 Å². The minimum absolute atomic E-state index is 0.228. The van der Waals surface area contributed by atoms with Crippen molar-refractivity contribution in [2.45, 2.75) is 58.9 Å². The van der Waals surface area contributed by atoms with Gasteiger partial charge in [-0.1, -0.05) is 20.8 Å². The number of carbonyl (C=O) groups is 3. The van der Waals surface area contributed by atoms with E-state index in [1.54, 1.807) is 6.20 Å². The molecule has 0 aromatic carbocycles. The van der Waals surface area contributed by atoms with Gasteiger partial charge in [-0.25, -0.2) is 0 Å². The van der Waals surface area contributed by atoms with Gasteiger partial charge in [-0.15, -0.1) is 0 Å². The molecule has 134 valence electrons. The predicted octanol–water partition coefficient (Wildman–Crippen LogP) is 1.77. The van der Waals surface area contributed by atoms with E-state index in [0.29, 0.717) is 18.0 Å². The Morgan fingerprint density at radius 1 is 1.32 bits per heavy atom. The number of imide groups is 1. The van der Waals surface area contributed by atoms with Crippen LogP contribution in [0, 0.1) is 11.3 Å². The molecule has 0 spiro atoms. The van der Waals surface area contributed by atoms with Crippen molar-refractivity contribution in [3.05, 3.63) is 29.1 Å². The first-order valence-corrected chi connectivity index (χ1v) is 8.91. The summed E-state index contributed by atoms with van der Waals surface area (Å²) in [7, 11) is 0. The second-order valence-electron chi connectivity index (χ2n) is 7.80. The van der Waals surface area contributed by atoms with Crippen LogP contribution in [-0.4, -0.2) is 28.7 Å². The number of amides is 3. The molecule has 3 rings (SSSR count). The molecule has 1 aliphatic heterocycles. The highest BCUT2D eigenvalue weighted by Crippen LogP contribution is 2.40. The van der Waals surface area contributed by atoms with E-state index < -0.39 is 11.9 Å². The summed E-state index contributed by atoms with van der Waals surface area (Å²) in [5.74, 6) is -0.547. The lowest BCUT2D eigenvalue weighted by atomic mass is 9.67. The molecular weight excluding hydrogens is 318 g/mol. The second-order valence-corrected chi connectivity index (χ2v) is 7.80. The Morgan fingerprint density at radius 2 is 2.08 bits per heavy atom. The van der Waals surface area contributed by atoms with Crippen LogP contribution in [0.4, 0.5) is 0 Å². The van der Waals surface area contributed by atoms with Crippen molar-refractivity contribution in [1.29, 1.82) is 0 Å². The summed E-state index contributed by atoms with van der Waals surface area (Å²) in [4.78, 5) is 39.8. The third-order valence-corrected chi connectivity index (χ3v) is 5.81. The van der Waals surface area contributed by atoms with Gasteiger partial charge < -0.3 is 5.32 Å². The normalized spacial score (nSPS) is 26.2. The maximum atomic E-state index is 12.5. The first-order chi connectivity index (χ1) is 11.8. The summed E-state index contributed by atoms with van der Waals surface area (Å²) in [6, 6.07) is 1.18. The van der Waals surface area contributed by atoms with Crippen LogP contribution in [0.5, 0.6) is 0 Å². The number of hydrogen-bond donors (Lipinski definition) is 2. The summed E-state index contributed by atoms with van der Waals surface area (Å²) in [6.07, 6.45) is 5.39. The highest BCUT2D eigenvalue weighted by atomic mass is 16.2. The van der Waals surface area contributed by atoms with Gasteiger partial charge in [-0.05, 0) is 54.2 Å². The van der Waals surface area contributed by atoms with Gasteiger partial charge in [0.2, 0.25) is 11.8 Å². The first-order valence-electron chi connectivity index (χ1n) is 8.91. The van der Waals surface area contributed by atoms with Gasteiger partial charge in [0.1, 0.15) is 11.7 Å². The lowest BCUT2D eigenvalue weighted by Crippen LogP contribution is -2.52. The Morgan fingerprint density at radius 3 is 2.76 bits per heavy atom. The van der Waals surface area contributed by atoms with E-state index in [9.17, 15) is 14.4 Å². The average Bonchev–Trinajstić information content (AvgIpc) is 2.56. The number of rotatable bonds is 3. The summed E-state index contributed by atoms with van der Waals surface area (Å²) in [5.41, 5.74) is 2.93. The predicted molar refractivity (Wildman–Crippen MR) is 92.8 cm³/mol. The Bertz CT molecular complexity index is 729. The molecule has 2 unspecified atom stereocenters. The zero-order chi connectivity index (χ0) is 18.2. The quantitative estimate of drug-likeness (QED) is 0.819. The van der Waals surface area contributed by atoms with Crippen LogP contribution in [0.1, 0.15) is 61.6 Å². The number of aryl methyl sites for hydroxylation is 1. The van der Waals surface area contributed by atoms with E-state index in [4.69, 9.17) is 0 Å². The van der Waals surface area contributed by atoms with E-state index in [2.05, 4.69) is 36.4 Å². The minimum Gasteiger partial charge on any atom is -0.339 e. The van der Waals surface area contributed by atoms with E-state index >= 15 is 0 Å². The highest BCUT2D eigenvalue weighted by molar-refractivity contribution is 6.03. The number of nitrogens with zero attached hydrogens (tertiary/aromatic N) is 1. The van der Waals surface area contributed by atoms with Crippen molar-refractivity contribution in [3.63, 3.8) is 0 Å². The number of pyridine rings is 1. The third-order valence-electron chi connectivity index (χ3n) is 5.81. The van der Waals surface area contributed by atoms with Gasteiger partial charge in [0.15, 0.2) is 0 Å². The number of nitrogens with one attached hydrogen (secondary N) is 2. The smallest absolute Gasteiger partial charge is 0.270 e. The van der Waals surface area contributed by atoms with Crippen LogP contribution in [0.25, 0.3) is 0 Å². The topological polar surface area (TPSA) is 88.2 Å². The van der Waals surface area contributed by atoms with Crippen molar-refractivity contribution in [2.75, 3.05) is 0 Å². The minimum atomic E-state index is -0.677. The number of hydrogen-bond acceptors (Lipinski definition) is 4. The molecule has 6 heteroatoms. The molecule has 0 saturated carbocycles. The molecule has 0 radical (unpaired) electrons. The van der Waals surface area contributed by atoms with E-state index in [0.717, 1.165) is 19.3 Å². The van der Waals surface area contributed by atoms with Gasteiger partial charge >= 0.3 is 0 Å². The molecule has 2 aliphatic rings. The highest BCUT2D eigenvalue weighted by Gasteiger charge is 2.34. The Balaban J connectivity index is 1.74. The molecule has 6 nitrogen and oxygen atoms in total. The fourth-order valence-corrected chi connectivity index (χ4v) is 3.54. The molecule has 25 heavy (non-hydrogen) atoms. The zero-order valence-electron chi connectivity index (χ0n) is 15.0. The Kier molecular flexibility index (Phi) is 4.62. The average molecular weight is 343 g/mol. The molecule has 2 atom stereocenters. The van der Waals surface area contributed by atoms with E-state index in [1.165, 1.54) is 11.1 Å². The number of fused-ring (bicyclic) bond motifs is 1.